The van der Waals surface area contributed by atoms with Crippen LogP contribution in [0.25, 0.3) is 0 Å². The molecule has 2 nitrogen and oxygen atoms in total. The summed E-state index contributed by atoms with van der Waals surface area (Å²) in [5.74, 6) is 0. The summed E-state index contributed by atoms with van der Waals surface area (Å²) < 4.78 is 0. The molecule has 0 fully saturated rings. The van der Waals surface area contributed by atoms with Crippen LogP contribution < -0.4 is 0 Å². The SMILES string of the molecule is Cc1nc(CC(O)Cc2cccc(Cl)c2)cs1. The molecule has 1 aromatic carbocycles. The predicted molar refractivity (Wildman–Crippen MR) is 71.7 cm³/mol. The van der Waals surface area contributed by atoms with E-state index >= 15 is 0 Å². The second-order valence-electron chi connectivity index (χ2n) is 4.05. The van der Waals surface area contributed by atoms with Gasteiger partial charge in [-0.2, -0.15) is 0 Å². The van der Waals surface area contributed by atoms with Gasteiger partial charge in [0.25, 0.3) is 0 Å². The Bertz CT molecular complexity index is 498. The standard InChI is InChI=1S/C13H14ClNOS/c1-9-15-12(8-17-9)7-13(16)6-10-3-2-4-11(14)5-10/h2-5,8,13,16H,6-7H2,1H3. The first-order chi connectivity index (χ1) is 8.13. The summed E-state index contributed by atoms with van der Waals surface area (Å²) in [5.41, 5.74) is 2.01. The second kappa shape index (κ2) is 5.63. The third kappa shape index (κ3) is 3.80. The van der Waals surface area contributed by atoms with E-state index in [1.807, 2.05) is 36.6 Å². The van der Waals surface area contributed by atoms with Crippen LogP contribution in [0.3, 0.4) is 0 Å². The van der Waals surface area contributed by atoms with Gasteiger partial charge in [-0.25, -0.2) is 4.98 Å². The summed E-state index contributed by atoms with van der Waals surface area (Å²) in [7, 11) is 0. The molecule has 0 aliphatic rings. The minimum absolute atomic E-state index is 0.407. The minimum atomic E-state index is -0.407. The zero-order valence-corrected chi connectivity index (χ0v) is 11.1. The van der Waals surface area contributed by atoms with E-state index in [1.54, 1.807) is 11.3 Å². The molecular formula is C13H14ClNOS. The molecule has 0 saturated heterocycles. The number of hydrogen-bond acceptors (Lipinski definition) is 3. The molecule has 1 heterocycles. The van der Waals surface area contributed by atoms with Crippen molar-refractivity contribution < 1.29 is 5.11 Å². The Labute approximate surface area is 110 Å². The van der Waals surface area contributed by atoms with Crippen LogP contribution in [-0.2, 0) is 12.8 Å². The third-order valence-electron chi connectivity index (χ3n) is 2.47. The quantitative estimate of drug-likeness (QED) is 0.922. The molecule has 0 bridgehead atoms. The molecule has 90 valence electrons. The summed E-state index contributed by atoms with van der Waals surface area (Å²) in [4.78, 5) is 4.34. The highest BCUT2D eigenvalue weighted by atomic mass is 35.5. The van der Waals surface area contributed by atoms with Crippen molar-refractivity contribution in [1.82, 2.24) is 4.98 Å². The Morgan fingerprint density at radius 1 is 1.41 bits per heavy atom. The van der Waals surface area contributed by atoms with Gasteiger partial charge in [0, 0.05) is 16.8 Å². The third-order valence-corrected chi connectivity index (χ3v) is 3.53. The monoisotopic (exact) mass is 267 g/mol. The molecular weight excluding hydrogens is 254 g/mol. The smallest absolute Gasteiger partial charge is 0.0897 e. The van der Waals surface area contributed by atoms with Crippen molar-refractivity contribution in [3.8, 4) is 0 Å². The normalized spacial score (nSPS) is 12.6. The Kier molecular flexibility index (Phi) is 4.15. The van der Waals surface area contributed by atoms with E-state index in [0.29, 0.717) is 17.9 Å². The fourth-order valence-electron chi connectivity index (χ4n) is 1.75. The number of halogens is 1. The van der Waals surface area contributed by atoms with Crippen LogP contribution in [0.5, 0.6) is 0 Å². The fraction of sp³-hybridized carbons (Fsp3) is 0.308. The number of aliphatic hydroxyl groups is 1. The van der Waals surface area contributed by atoms with Crippen molar-refractivity contribution in [3.63, 3.8) is 0 Å². The molecule has 0 saturated carbocycles. The molecule has 0 aliphatic heterocycles. The van der Waals surface area contributed by atoms with Crippen LogP contribution in [0.2, 0.25) is 5.02 Å². The molecule has 0 aliphatic carbocycles. The number of hydrogen-bond donors (Lipinski definition) is 1. The van der Waals surface area contributed by atoms with Crippen molar-refractivity contribution >= 4 is 22.9 Å². The average molecular weight is 268 g/mol. The lowest BCUT2D eigenvalue weighted by Gasteiger charge is -2.09. The number of nitrogens with zero attached hydrogens (tertiary/aromatic N) is 1. The number of aromatic nitrogens is 1. The molecule has 4 heteroatoms. The van der Waals surface area contributed by atoms with Gasteiger partial charge in [0.15, 0.2) is 0 Å². The molecule has 17 heavy (non-hydrogen) atoms. The van der Waals surface area contributed by atoms with Gasteiger partial charge in [-0.1, -0.05) is 23.7 Å². The zero-order valence-electron chi connectivity index (χ0n) is 9.56. The Balaban J connectivity index is 1.95. The van der Waals surface area contributed by atoms with E-state index in [1.165, 1.54) is 0 Å². The minimum Gasteiger partial charge on any atom is -0.392 e. The number of aliphatic hydroxyl groups excluding tert-OH is 1. The summed E-state index contributed by atoms with van der Waals surface area (Å²) in [5, 5.41) is 13.7. The summed E-state index contributed by atoms with van der Waals surface area (Å²) >= 11 is 7.51. The van der Waals surface area contributed by atoms with E-state index in [-0.39, 0.29) is 0 Å². The molecule has 0 spiro atoms. The molecule has 2 rings (SSSR count). The van der Waals surface area contributed by atoms with Gasteiger partial charge in [-0.15, -0.1) is 11.3 Å². The number of benzene rings is 1. The van der Waals surface area contributed by atoms with E-state index in [9.17, 15) is 5.11 Å². The van der Waals surface area contributed by atoms with Gasteiger partial charge in [0.1, 0.15) is 0 Å². The van der Waals surface area contributed by atoms with Crippen LogP contribution >= 0.6 is 22.9 Å². The predicted octanol–water partition coefficient (Wildman–Crippen LogP) is 3.25. The van der Waals surface area contributed by atoms with E-state index < -0.39 is 6.10 Å². The second-order valence-corrected chi connectivity index (χ2v) is 5.55. The van der Waals surface area contributed by atoms with Crippen molar-refractivity contribution in [2.24, 2.45) is 0 Å². The lowest BCUT2D eigenvalue weighted by molar-refractivity contribution is 0.174. The van der Waals surface area contributed by atoms with Crippen LogP contribution in [0.15, 0.2) is 29.6 Å². The molecule has 2 aromatic rings. The summed E-state index contributed by atoms with van der Waals surface area (Å²) in [6.07, 6.45) is 0.795. The highest BCUT2D eigenvalue weighted by Crippen LogP contribution is 2.15. The topological polar surface area (TPSA) is 33.1 Å². The maximum absolute atomic E-state index is 9.98. The van der Waals surface area contributed by atoms with Crippen LogP contribution in [0.4, 0.5) is 0 Å². The van der Waals surface area contributed by atoms with Crippen molar-refractivity contribution in [3.05, 3.63) is 50.9 Å². The molecule has 1 atom stereocenters. The first kappa shape index (κ1) is 12.6. The van der Waals surface area contributed by atoms with E-state index in [4.69, 9.17) is 11.6 Å². The lowest BCUT2D eigenvalue weighted by atomic mass is 10.0. The number of thiazole rings is 1. The number of aryl methyl sites for hydroxylation is 1. The van der Waals surface area contributed by atoms with Crippen LogP contribution in [0.1, 0.15) is 16.3 Å². The van der Waals surface area contributed by atoms with Crippen LogP contribution in [0, 0.1) is 6.92 Å². The lowest BCUT2D eigenvalue weighted by Crippen LogP contribution is -2.14. The number of rotatable bonds is 4. The van der Waals surface area contributed by atoms with Gasteiger partial charge < -0.3 is 5.11 Å². The molecule has 1 unspecified atom stereocenters. The Morgan fingerprint density at radius 2 is 2.24 bits per heavy atom. The Morgan fingerprint density at radius 3 is 2.88 bits per heavy atom. The van der Waals surface area contributed by atoms with Crippen LogP contribution in [-0.4, -0.2) is 16.2 Å². The first-order valence-corrected chi connectivity index (χ1v) is 6.73. The van der Waals surface area contributed by atoms with Crippen molar-refractivity contribution in [2.75, 3.05) is 0 Å². The van der Waals surface area contributed by atoms with Gasteiger partial charge in [-0.3, -0.25) is 0 Å². The molecule has 0 amide bonds. The Hall–Kier alpha value is -0.900. The average Bonchev–Trinajstić information content (AvgIpc) is 2.63. The van der Waals surface area contributed by atoms with Gasteiger partial charge in [0.05, 0.1) is 16.8 Å². The van der Waals surface area contributed by atoms with E-state index in [0.717, 1.165) is 16.3 Å². The van der Waals surface area contributed by atoms with Crippen molar-refractivity contribution in [1.29, 1.82) is 0 Å². The first-order valence-electron chi connectivity index (χ1n) is 5.47. The van der Waals surface area contributed by atoms with Gasteiger partial charge in [0.2, 0.25) is 0 Å². The van der Waals surface area contributed by atoms with Crippen molar-refractivity contribution in [2.45, 2.75) is 25.9 Å². The van der Waals surface area contributed by atoms with E-state index in [2.05, 4.69) is 4.98 Å². The summed E-state index contributed by atoms with van der Waals surface area (Å²) in [6.45, 7) is 1.97. The zero-order chi connectivity index (χ0) is 12.3. The highest BCUT2D eigenvalue weighted by molar-refractivity contribution is 7.09. The molecule has 1 N–H and O–H groups in total. The molecule has 0 radical (unpaired) electrons. The fourth-order valence-corrected chi connectivity index (χ4v) is 2.59. The maximum atomic E-state index is 9.98. The maximum Gasteiger partial charge on any atom is 0.0897 e. The molecule has 1 aromatic heterocycles. The summed E-state index contributed by atoms with van der Waals surface area (Å²) in [6, 6.07) is 7.59. The van der Waals surface area contributed by atoms with Gasteiger partial charge >= 0.3 is 0 Å². The largest absolute Gasteiger partial charge is 0.392 e. The van der Waals surface area contributed by atoms with Gasteiger partial charge in [-0.05, 0) is 31.0 Å². The highest BCUT2D eigenvalue weighted by Gasteiger charge is 2.09.